The van der Waals surface area contributed by atoms with E-state index in [1.165, 1.54) is 0 Å². The van der Waals surface area contributed by atoms with Gasteiger partial charge in [-0.15, -0.1) is 0 Å². The number of H-pyrrole nitrogens is 1. The van der Waals surface area contributed by atoms with Crippen LogP contribution in [0.5, 0.6) is 0 Å². The first kappa shape index (κ1) is 17.0. The number of nitrogens with two attached hydrogens (primary N) is 1. The molecular formula is C19H21N7O. The third kappa shape index (κ3) is 2.79. The van der Waals surface area contributed by atoms with E-state index >= 15 is 0 Å². The van der Waals surface area contributed by atoms with Gasteiger partial charge in [-0.1, -0.05) is 6.07 Å². The molecule has 8 heteroatoms. The molecule has 0 atom stereocenters. The molecule has 0 spiro atoms. The predicted molar refractivity (Wildman–Crippen MR) is 105 cm³/mol. The molecule has 1 amide bonds. The van der Waals surface area contributed by atoms with E-state index in [4.69, 9.17) is 5.73 Å². The van der Waals surface area contributed by atoms with Crippen molar-refractivity contribution in [2.24, 2.45) is 7.05 Å². The summed E-state index contributed by atoms with van der Waals surface area (Å²) < 4.78 is 2.00. The topological polar surface area (TPSA) is 106 Å². The van der Waals surface area contributed by atoms with Gasteiger partial charge in [-0.2, -0.15) is 5.10 Å². The van der Waals surface area contributed by atoms with Crippen molar-refractivity contribution in [2.75, 3.05) is 12.3 Å². The Morgan fingerprint density at radius 3 is 2.78 bits per heavy atom. The zero-order valence-corrected chi connectivity index (χ0v) is 15.5. The van der Waals surface area contributed by atoms with Gasteiger partial charge in [0.15, 0.2) is 5.82 Å². The summed E-state index contributed by atoms with van der Waals surface area (Å²) in [6, 6.07) is 7.91. The highest BCUT2D eigenvalue weighted by molar-refractivity contribution is 6.07. The number of nitrogens with zero attached hydrogens (tertiary/aromatic N) is 5. The number of hydrogen-bond acceptors (Lipinski definition) is 5. The highest BCUT2D eigenvalue weighted by Gasteiger charge is 2.18. The molecule has 0 aliphatic heterocycles. The summed E-state index contributed by atoms with van der Waals surface area (Å²) in [5, 5.41) is 8.00. The molecule has 0 saturated heterocycles. The monoisotopic (exact) mass is 363 g/mol. The average Bonchev–Trinajstić information content (AvgIpc) is 3.28. The summed E-state index contributed by atoms with van der Waals surface area (Å²) in [6.45, 7) is 4.57. The molecule has 3 heterocycles. The lowest BCUT2D eigenvalue weighted by Gasteiger charge is -2.18. The lowest BCUT2D eigenvalue weighted by Crippen LogP contribution is -2.29. The van der Waals surface area contributed by atoms with Crippen LogP contribution < -0.4 is 5.73 Å². The molecule has 0 unspecified atom stereocenters. The first-order chi connectivity index (χ1) is 13.0. The van der Waals surface area contributed by atoms with E-state index < -0.39 is 0 Å². The van der Waals surface area contributed by atoms with Crippen LogP contribution in [0.1, 0.15) is 19.7 Å². The summed E-state index contributed by atoms with van der Waals surface area (Å²) in [5.41, 5.74) is 10.4. The Morgan fingerprint density at radius 1 is 1.30 bits per heavy atom. The number of aromatic amines is 1. The molecule has 4 rings (SSSR count). The maximum Gasteiger partial charge on any atom is 0.219 e. The number of amides is 1. The van der Waals surface area contributed by atoms with E-state index in [-0.39, 0.29) is 5.91 Å². The van der Waals surface area contributed by atoms with Gasteiger partial charge in [-0.25, -0.2) is 9.97 Å². The number of nitrogen functional groups attached to an aromatic ring is 1. The van der Waals surface area contributed by atoms with Crippen molar-refractivity contribution in [3.8, 4) is 11.3 Å². The van der Waals surface area contributed by atoms with Crippen LogP contribution in [0.25, 0.3) is 33.2 Å². The van der Waals surface area contributed by atoms with E-state index in [0.717, 1.165) is 33.5 Å². The third-order valence-electron chi connectivity index (χ3n) is 4.88. The fourth-order valence-corrected chi connectivity index (χ4v) is 3.38. The number of nitrogens with one attached hydrogen (secondary N) is 1. The van der Waals surface area contributed by atoms with Crippen LogP contribution in [-0.2, 0) is 18.4 Å². The van der Waals surface area contributed by atoms with Crippen LogP contribution in [0.2, 0.25) is 0 Å². The zero-order chi connectivity index (χ0) is 19.1. The van der Waals surface area contributed by atoms with Gasteiger partial charge in [0.1, 0.15) is 11.3 Å². The second kappa shape index (κ2) is 6.39. The highest BCUT2D eigenvalue weighted by Crippen LogP contribution is 2.31. The third-order valence-corrected chi connectivity index (χ3v) is 4.88. The minimum atomic E-state index is 0.0177. The average molecular weight is 363 g/mol. The van der Waals surface area contributed by atoms with Crippen LogP contribution in [0.3, 0.4) is 0 Å². The van der Waals surface area contributed by atoms with Crippen molar-refractivity contribution in [1.82, 2.24) is 29.6 Å². The number of hydrogen-bond donors (Lipinski definition) is 2. The second-order valence-electron chi connectivity index (χ2n) is 6.51. The fraction of sp³-hybridized carbons (Fsp3) is 0.263. The van der Waals surface area contributed by atoms with Gasteiger partial charge in [0.05, 0.1) is 23.3 Å². The van der Waals surface area contributed by atoms with Gasteiger partial charge >= 0.3 is 0 Å². The van der Waals surface area contributed by atoms with Crippen molar-refractivity contribution in [1.29, 1.82) is 0 Å². The smallest absolute Gasteiger partial charge is 0.219 e. The van der Waals surface area contributed by atoms with Crippen molar-refractivity contribution in [2.45, 2.75) is 20.4 Å². The van der Waals surface area contributed by atoms with Crippen LogP contribution in [0, 0.1) is 0 Å². The van der Waals surface area contributed by atoms with Crippen LogP contribution in [-0.4, -0.2) is 42.1 Å². The maximum absolute atomic E-state index is 11.8. The number of rotatable bonds is 4. The number of carbonyl (C=O) groups is 1. The second-order valence-corrected chi connectivity index (χ2v) is 6.51. The standard InChI is InChI=1S/C19H21N7O/c1-4-26(11(2)27)10-16-23-17-18(25(16)3)13-6-5-12(14-7-8-21-24-14)9-15(13)22-19(17)20/h5-9H,4,10H2,1-3H3,(H2,20,22)(H,21,24). The minimum Gasteiger partial charge on any atom is -0.382 e. The number of pyridine rings is 1. The fourth-order valence-electron chi connectivity index (χ4n) is 3.38. The lowest BCUT2D eigenvalue weighted by atomic mass is 10.1. The number of carbonyl (C=O) groups excluding carboxylic acids is 1. The SMILES string of the molecule is CCN(Cc1nc2c(N)nc3cc(-c4cc[nH]n4)ccc3c2n1C)C(C)=O. The number of aryl methyl sites for hydroxylation is 1. The van der Waals surface area contributed by atoms with Crippen molar-refractivity contribution < 1.29 is 4.79 Å². The van der Waals surface area contributed by atoms with Crippen molar-refractivity contribution >= 4 is 33.7 Å². The molecule has 0 fully saturated rings. The molecule has 3 aromatic heterocycles. The van der Waals surface area contributed by atoms with E-state index in [1.807, 2.05) is 42.8 Å². The summed E-state index contributed by atoms with van der Waals surface area (Å²) in [6.07, 6.45) is 1.78. The predicted octanol–water partition coefficient (Wildman–Crippen LogP) is 2.46. The molecule has 1 aromatic carbocycles. The molecule has 4 aromatic rings. The molecule has 0 bridgehead atoms. The van der Waals surface area contributed by atoms with E-state index in [1.54, 1.807) is 18.0 Å². The summed E-state index contributed by atoms with van der Waals surface area (Å²) in [4.78, 5) is 22.7. The Balaban J connectivity index is 1.89. The van der Waals surface area contributed by atoms with E-state index in [2.05, 4.69) is 20.2 Å². The molecule has 0 saturated carbocycles. The molecule has 8 nitrogen and oxygen atoms in total. The Labute approximate surface area is 156 Å². The van der Waals surface area contributed by atoms with Crippen LogP contribution >= 0.6 is 0 Å². The van der Waals surface area contributed by atoms with Gasteiger partial charge < -0.3 is 15.2 Å². The molecule has 3 N–H and O–H groups in total. The zero-order valence-electron chi connectivity index (χ0n) is 15.5. The van der Waals surface area contributed by atoms with E-state index in [9.17, 15) is 4.79 Å². The number of imidazole rings is 1. The Morgan fingerprint density at radius 2 is 2.11 bits per heavy atom. The van der Waals surface area contributed by atoms with Crippen LogP contribution in [0.4, 0.5) is 5.82 Å². The first-order valence-corrected chi connectivity index (χ1v) is 8.79. The normalized spacial score (nSPS) is 11.4. The number of benzene rings is 1. The number of anilines is 1. The quantitative estimate of drug-likeness (QED) is 0.579. The van der Waals surface area contributed by atoms with E-state index in [0.29, 0.717) is 24.4 Å². The molecule has 27 heavy (non-hydrogen) atoms. The van der Waals surface area contributed by atoms with Gasteiger partial charge in [-0.3, -0.25) is 9.89 Å². The van der Waals surface area contributed by atoms with Crippen molar-refractivity contribution in [3.63, 3.8) is 0 Å². The lowest BCUT2D eigenvalue weighted by molar-refractivity contribution is -0.129. The molecule has 0 aliphatic carbocycles. The maximum atomic E-state index is 11.8. The number of fused-ring (bicyclic) bond motifs is 3. The summed E-state index contributed by atoms with van der Waals surface area (Å²) in [5.74, 6) is 1.17. The first-order valence-electron chi connectivity index (χ1n) is 8.79. The van der Waals surface area contributed by atoms with Gasteiger partial charge in [0.25, 0.3) is 0 Å². The molecule has 0 radical (unpaired) electrons. The van der Waals surface area contributed by atoms with Gasteiger partial charge in [0, 0.05) is 37.7 Å². The van der Waals surface area contributed by atoms with Gasteiger partial charge in [0.2, 0.25) is 5.91 Å². The Bertz CT molecular complexity index is 1140. The number of aromatic nitrogens is 5. The molecule has 138 valence electrons. The Hall–Kier alpha value is -3.42. The summed E-state index contributed by atoms with van der Waals surface area (Å²) in [7, 11) is 1.94. The minimum absolute atomic E-state index is 0.0177. The highest BCUT2D eigenvalue weighted by atomic mass is 16.2. The molecule has 0 aliphatic rings. The molecular weight excluding hydrogens is 342 g/mol. The van der Waals surface area contributed by atoms with Crippen LogP contribution in [0.15, 0.2) is 30.5 Å². The summed E-state index contributed by atoms with van der Waals surface area (Å²) >= 11 is 0. The van der Waals surface area contributed by atoms with Gasteiger partial charge in [-0.05, 0) is 25.1 Å². The largest absolute Gasteiger partial charge is 0.382 e. The Kier molecular flexibility index (Phi) is 4.02. The van der Waals surface area contributed by atoms with Crippen molar-refractivity contribution in [3.05, 3.63) is 36.3 Å².